The lowest BCUT2D eigenvalue weighted by atomic mass is 9.95. The number of fused-ring (bicyclic) bond motifs is 2. The molecule has 1 atom stereocenters. The average Bonchev–Trinajstić information content (AvgIpc) is 3.22. The van der Waals surface area contributed by atoms with E-state index in [0.29, 0.717) is 26.4 Å². The second-order valence-electron chi connectivity index (χ2n) is 9.19. The Morgan fingerprint density at radius 1 is 1.11 bits per heavy atom. The highest BCUT2D eigenvalue weighted by atomic mass is 32.1. The van der Waals surface area contributed by atoms with Gasteiger partial charge in [0.15, 0.2) is 4.80 Å². The van der Waals surface area contributed by atoms with Crippen LogP contribution in [0.25, 0.3) is 16.8 Å². The Kier molecular flexibility index (Phi) is 6.91. The van der Waals surface area contributed by atoms with Crippen molar-refractivity contribution >= 4 is 39.8 Å². The van der Waals surface area contributed by atoms with Crippen LogP contribution in [-0.4, -0.2) is 38.3 Å². The summed E-state index contributed by atoms with van der Waals surface area (Å²) in [6.07, 6.45) is 1.86. The fourth-order valence-corrected chi connectivity index (χ4v) is 5.82. The van der Waals surface area contributed by atoms with Crippen molar-refractivity contribution in [2.75, 3.05) is 32.7 Å². The van der Waals surface area contributed by atoms with Gasteiger partial charge >= 0.3 is 5.97 Å². The van der Waals surface area contributed by atoms with Crippen LogP contribution in [0.5, 0.6) is 5.75 Å². The molecule has 8 heteroatoms. The normalized spacial score (nSPS) is 15.3. The summed E-state index contributed by atoms with van der Waals surface area (Å²) in [7, 11) is 5.55. The molecule has 0 N–H and O–H groups in total. The fourth-order valence-electron chi connectivity index (χ4n) is 4.80. The Morgan fingerprint density at radius 2 is 1.84 bits per heavy atom. The minimum Gasteiger partial charge on any atom is -0.496 e. The van der Waals surface area contributed by atoms with Gasteiger partial charge in [0.1, 0.15) is 5.75 Å². The van der Waals surface area contributed by atoms with Gasteiger partial charge in [-0.15, -0.1) is 0 Å². The van der Waals surface area contributed by atoms with Crippen molar-refractivity contribution in [3.05, 3.63) is 103 Å². The van der Waals surface area contributed by atoms with E-state index in [2.05, 4.69) is 4.99 Å². The number of carbonyl (C=O) groups excluding carboxylic acids is 1. The highest BCUT2D eigenvalue weighted by Gasteiger charge is 2.33. The number of methoxy groups -OCH3 is 1. The molecule has 1 aliphatic heterocycles. The number of thiazole rings is 1. The van der Waals surface area contributed by atoms with Crippen LogP contribution in [0.1, 0.15) is 31.0 Å². The summed E-state index contributed by atoms with van der Waals surface area (Å²) in [6, 6.07) is 19.1. The zero-order valence-electron chi connectivity index (χ0n) is 22.0. The third kappa shape index (κ3) is 4.41. The molecule has 1 unspecified atom stereocenters. The lowest BCUT2D eigenvalue weighted by Crippen LogP contribution is -2.40. The number of hydrogen-bond acceptors (Lipinski definition) is 7. The van der Waals surface area contributed by atoms with Crippen molar-refractivity contribution in [2.45, 2.75) is 19.9 Å². The van der Waals surface area contributed by atoms with Gasteiger partial charge < -0.3 is 14.4 Å². The van der Waals surface area contributed by atoms with Crippen LogP contribution >= 0.6 is 11.3 Å². The molecule has 3 aromatic carbocycles. The van der Waals surface area contributed by atoms with Crippen LogP contribution in [0.15, 0.2) is 81.7 Å². The molecule has 0 bridgehead atoms. The maximum atomic E-state index is 14.0. The van der Waals surface area contributed by atoms with Crippen LogP contribution in [0, 0.1) is 0 Å². The van der Waals surface area contributed by atoms with E-state index in [4.69, 9.17) is 9.47 Å². The van der Waals surface area contributed by atoms with E-state index in [1.54, 1.807) is 25.5 Å². The van der Waals surface area contributed by atoms with E-state index in [0.717, 1.165) is 27.6 Å². The van der Waals surface area contributed by atoms with Gasteiger partial charge in [0.25, 0.3) is 5.56 Å². The predicted molar refractivity (Wildman–Crippen MR) is 152 cm³/mol. The highest BCUT2D eigenvalue weighted by Crippen LogP contribution is 2.32. The lowest BCUT2D eigenvalue weighted by Gasteiger charge is -2.25. The molecule has 1 aromatic heterocycles. The molecule has 38 heavy (non-hydrogen) atoms. The molecule has 7 nitrogen and oxygen atoms in total. The van der Waals surface area contributed by atoms with Gasteiger partial charge in [-0.25, -0.2) is 9.79 Å². The van der Waals surface area contributed by atoms with Crippen molar-refractivity contribution in [1.29, 1.82) is 0 Å². The Bertz CT molecular complexity index is 1750. The number of ether oxygens (including phenoxy) is 2. The fraction of sp³-hybridized carbons (Fsp3) is 0.233. The number of benzene rings is 3. The second kappa shape index (κ2) is 10.3. The summed E-state index contributed by atoms with van der Waals surface area (Å²) in [6.45, 7) is 3.78. The summed E-state index contributed by atoms with van der Waals surface area (Å²) in [5.74, 6) is 0.203. The predicted octanol–water partition coefficient (Wildman–Crippen LogP) is 4.03. The van der Waals surface area contributed by atoms with Crippen LogP contribution in [0.3, 0.4) is 0 Å². The van der Waals surface area contributed by atoms with E-state index in [1.165, 1.54) is 11.3 Å². The van der Waals surface area contributed by atoms with Crippen molar-refractivity contribution in [3.63, 3.8) is 0 Å². The summed E-state index contributed by atoms with van der Waals surface area (Å²) in [5.41, 5.74) is 3.33. The van der Waals surface area contributed by atoms with Crippen LogP contribution in [0.2, 0.25) is 0 Å². The van der Waals surface area contributed by atoms with E-state index < -0.39 is 12.0 Å². The SMILES string of the molecule is CCOC(=O)C1=C(C)N=c2s/c(=C\c3c(OC)ccc4ccccc34)c(=O)n2C1c1ccc(N(C)C)cc1. The molecule has 2 heterocycles. The van der Waals surface area contributed by atoms with Crippen molar-refractivity contribution in [2.24, 2.45) is 4.99 Å². The molecule has 194 valence electrons. The van der Waals surface area contributed by atoms with Gasteiger partial charge in [0.2, 0.25) is 0 Å². The summed E-state index contributed by atoms with van der Waals surface area (Å²) in [4.78, 5) is 34.4. The van der Waals surface area contributed by atoms with Gasteiger partial charge in [-0.3, -0.25) is 9.36 Å². The third-order valence-corrected chi connectivity index (χ3v) is 7.65. The number of esters is 1. The lowest BCUT2D eigenvalue weighted by molar-refractivity contribution is -0.139. The molecule has 1 aliphatic rings. The van der Waals surface area contributed by atoms with E-state index in [-0.39, 0.29) is 12.2 Å². The number of hydrogen-bond donors (Lipinski definition) is 0. The quantitative estimate of drug-likeness (QED) is 0.354. The molecule has 0 saturated carbocycles. The Morgan fingerprint density at radius 3 is 2.53 bits per heavy atom. The molecule has 0 aliphatic carbocycles. The first-order valence-electron chi connectivity index (χ1n) is 12.4. The van der Waals surface area contributed by atoms with Crippen molar-refractivity contribution in [1.82, 2.24) is 4.57 Å². The van der Waals surface area contributed by atoms with Crippen LogP contribution < -0.4 is 24.5 Å². The zero-order valence-corrected chi connectivity index (χ0v) is 22.8. The van der Waals surface area contributed by atoms with Gasteiger partial charge in [0.05, 0.1) is 35.6 Å². The number of anilines is 1. The number of carbonyl (C=O) groups is 1. The van der Waals surface area contributed by atoms with Gasteiger partial charge in [-0.05, 0) is 54.5 Å². The largest absolute Gasteiger partial charge is 0.496 e. The first-order valence-corrected chi connectivity index (χ1v) is 13.2. The maximum absolute atomic E-state index is 14.0. The molecule has 0 fully saturated rings. The number of rotatable bonds is 6. The minimum atomic E-state index is -0.655. The first-order chi connectivity index (χ1) is 18.3. The number of nitrogens with zero attached hydrogens (tertiary/aromatic N) is 3. The molecular formula is C30H29N3O4S. The van der Waals surface area contributed by atoms with Gasteiger partial charge in [-0.1, -0.05) is 53.8 Å². The van der Waals surface area contributed by atoms with Crippen LogP contribution in [-0.2, 0) is 9.53 Å². The third-order valence-electron chi connectivity index (χ3n) is 6.67. The molecule has 4 aromatic rings. The van der Waals surface area contributed by atoms with Crippen molar-refractivity contribution < 1.29 is 14.3 Å². The molecule has 0 saturated heterocycles. The Hall–Kier alpha value is -4.17. The average molecular weight is 528 g/mol. The molecule has 5 rings (SSSR count). The summed E-state index contributed by atoms with van der Waals surface area (Å²) in [5, 5.41) is 2.03. The summed E-state index contributed by atoms with van der Waals surface area (Å²) >= 11 is 1.30. The zero-order chi connectivity index (χ0) is 27.0. The molecule has 0 spiro atoms. The first kappa shape index (κ1) is 25.5. The Labute approximate surface area is 224 Å². The molecule has 0 radical (unpaired) electrons. The van der Waals surface area contributed by atoms with E-state index in [9.17, 15) is 9.59 Å². The molecule has 0 amide bonds. The second-order valence-corrected chi connectivity index (χ2v) is 10.2. The Balaban J connectivity index is 1.76. The van der Waals surface area contributed by atoms with Crippen LogP contribution in [0.4, 0.5) is 5.69 Å². The topological polar surface area (TPSA) is 73.1 Å². The molecular weight excluding hydrogens is 498 g/mol. The number of aromatic nitrogens is 1. The van der Waals surface area contributed by atoms with Gasteiger partial charge in [-0.2, -0.15) is 0 Å². The van der Waals surface area contributed by atoms with E-state index >= 15 is 0 Å². The summed E-state index contributed by atoms with van der Waals surface area (Å²) < 4.78 is 13.2. The maximum Gasteiger partial charge on any atom is 0.338 e. The smallest absolute Gasteiger partial charge is 0.338 e. The van der Waals surface area contributed by atoms with Gasteiger partial charge in [0, 0.05) is 25.3 Å². The number of allylic oxidation sites excluding steroid dienone is 1. The minimum absolute atomic E-state index is 0.222. The van der Waals surface area contributed by atoms with Crippen molar-refractivity contribution in [3.8, 4) is 5.75 Å². The van der Waals surface area contributed by atoms with E-state index in [1.807, 2.05) is 85.7 Å². The standard InChI is InChI=1S/C30H29N3O4S/c1-6-37-29(35)26-18(2)31-30-33(27(26)20-11-14-21(15-12-20)32(3)4)28(34)25(38-30)17-23-22-10-8-7-9-19(22)13-16-24(23)36-5/h7-17,27H,6H2,1-5H3/b25-17-. The monoisotopic (exact) mass is 527 g/mol. The highest BCUT2D eigenvalue weighted by molar-refractivity contribution is 7.07.